The van der Waals surface area contributed by atoms with Crippen molar-refractivity contribution in [2.75, 3.05) is 33.9 Å². The van der Waals surface area contributed by atoms with Crippen molar-refractivity contribution in [3.05, 3.63) is 17.2 Å². The summed E-state index contributed by atoms with van der Waals surface area (Å²) in [6.45, 7) is 3.73. The second kappa shape index (κ2) is 8.43. The zero-order valence-corrected chi connectivity index (χ0v) is 14.0. The normalized spacial score (nSPS) is 11.4. The van der Waals surface area contributed by atoms with E-state index in [1.165, 1.54) is 26.4 Å². The van der Waals surface area contributed by atoms with Crippen molar-refractivity contribution in [3.8, 4) is 11.5 Å². The van der Waals surface area contributed by atoms with Crippen LogP contribution in [0.1, 0.15) is 13.3 Å². The first-order chi connectivity index (χ1) is 9.96. The topological polar surface area (TPSA) is 76.7 Å². The lowest BCUT2D eigenvalue weighted by atomic mass is 10.3. The van der Waals surface area contributed by atoms with Crippen LogP contribution in [0.25, 0.3) is 0 Å². The number of rotatable bonds is 9. The third-order valence-electron chi connectivity index (χ3n) is 2.75. The predicted octanol–water partition coefficient (Wildman–Crippen LogP) is 1.64. The molecule has 0 fully saturated rings. The van der Waals surface area contributed by atoms with Crippen LogP contribution in [0.15, 0.2) is 17.0 Å². The molecule has 1 aromatic carbocycles. The van der Waals surface area contributed by atoms with Crippen molar-refractivity contribution in [1.29, 1.82) is 0 Å². The second-order valence-electron chi connectivity index (χ2n) is 4.29. The monoisotopic (exact) mass is 336 g/mol. The van der Waals surface area contributed by atoms with Crippen LogP contribution in [0.4, 0.5) is 0 Å². The Balaban J connectivity index is 2.87. The quantitative estimate of drug-likeness (QED) is 0.670. The number of methoxy groups -OCH3 is 2. The summed E-state index contributed by atoms with van der Waals surface area (Å²) in [5.74, 6) is 0.692. The molecule has 0 spiro atoms. The van der Waals surface area contributed by atoms with E-state index in [1.807, 2.05) is 6.92 Å². The Hall–Kier alpha value is -1.02. The van der Waals surface area contributed by atoms with E-state index in [0.29, 0.717) is 18.0 Å². The fourth-order valence-electron chi connectivity index (χ4n) is 1.69. The number of nitrogens with one attached hydrogen (secondary N) is 2. The molecule has 0 saturated carbocycles. The van der Waals surface area contributed by atoms with Crippen molar-refractivity contribution >= 4 is 21.6 Å². The summed E-state index contributed by atoms with van der Waals surface area (Å²) < 4.78 is 37.1. The minimum absolute atomic E-state index is 0.0303. The molecule has 2 N–H and O–H groups in total. The van der Waals surface area contributed by atoms with E-state index in [4.69, 9.17) is 21.1 Å². The van der Waals surface area contributed by atoms with Crippen LogP contribution in [-0.4, -0.2) is 42.3 Å². The summed E-state index contributed by atoms with van der Waals surface area (Å²) in [4.78, 5) is -0.0303. The van der Waals surface area contributed by atoms with Crippen LogP contribution in [0.5, 0.6) is 11.5 Å². The summed E-state index contributed by atoms with van der Waals surface area (Å²) in [7, 11) is -0.800. The summed E-state index contributed by atoms with van der Waals surface area (Å²) in [5.41, 5.74) is 0. The van der Waals surface area contributed by atoms with Gasteiger partial charge in [0, 0.05) is 25.2 Å². The van der Waals surface area contributed by atoms with Crippen LogP contribution in [0.2, 0.25) is 5.02 Å². The van der Waals surface area contributed by atoms with Gasteiger partial charge in [-0.05, 0) is 13.0 Å². The first-order valence-electron chi connectivity index (χ1n) is 6.58. The molecule has 0 saturated heterocycles. The molecule has 0 atom stereocenters. The van der Waals surface area contributed by atoms with Crippen molar-refractivity contribution in [3.63, 3.8) is 0 Å². The summed E-state index contributed by atoms with van der Waals surface area (Å²) >= 11 is 6.01. The van der Waals surface area contributed by atoms with E-state index in [0.717, 1.165) is 13.0 Å². The molecule has 120 valence electrons. The van der Waals surface area contributed by atoms with Gasteiger partial charge in [0.15, 0.2) is 11.5 Å². The maximum atomic E-state index is 12.2. The maximum absolute atomic E-state index is 12.2. The molecule has 6 nitrogen and oxygen atoms in total. The zero-order valence-electron chi connectivity index (χ0n) is 12.4. The minimum atomic E-state index is -3.69. The zero-order chi connectivity index (χ0) is 15.9. The highest BCUT2D eigenvalue weighted by Gasteiger charge is 2.21. The Kier molecular flexibility index (Phi) is 7.24. The van der Waals surface area contributed by atoms with E-state index < -0.39 is 10.0 Å². The van der Waals surface area contributed by atoms with Gasteiger partial charge in [-0.1, -0.05) is 18.5 Å². The largest absolute Gasteiger partial charge is 0.493 e. The van der Waals surface area contributed by atoms with Crippen LogP contribution in [0.3, 0.4) is 0 Å². The van der Waals surface area contributed by atoms with E-state index >= 15 is 0 Å². The van der Waals surface area contributed by atoms with Crippen LogP contribution < -0.4 is 19.5 Å². The molecule has 0 radical (unpaired) electrons. The van der Waals surface area contributed by atoms with Crippen molar-refractivity contribution < 1.29 is 17.9 Å². The molecule has 0 bridgehead atoms. The number of benzene rings is 1. The molecular weight excluding hydrogens is 316 g/mol. The lowest BCUT2D eigenvalue weighted by molar-refractivity contribution is 0.354. The van der Waals surface area contributed by atoms with E-state index in [-0.39, 0.29) is 16.5 Å². The van der Waals surface area contributed by atoms with Gasteiger partial charge in [-0.2, -0.15) is 0 Å². The number of hydrogen-bond donors (Lipinski definition) is 2. The predicted molar refractivity (Wildman–Crippen MR) is 82.9 cm³/mol. The van der Waals surface area contributed by atoms with Crippen molar-refractivity contribution in [1.82, 2.24) is 10.0 Å². The number of halogens is 1. The molecule has 0 unspecified atom stereocenters. The summed E-state index contributed by atoms with van der Waals surface area (Å²) in [6.07, 6.45) is 0.994. The first kappa shape index (κ1) is 18.0. The van der Waals surface area contributed by atoms with E-state index in [2.05, 4.69) is 10.0 Å². The maximum Gasteiger partial charge on any atom is 0.242 e. The van der Waals surface area contributed by atoms with Gasteiger partial charge in [0.05, 0.1) is 19.2 Å². The average Bonchev–Trinajstić information content (AvgIpc) is 2.46. The molecule has 0 aromatic heterocycles. The second-order valence-corrected chi connectivity index (χ2v) is 6.43. The Morgan fingerprint density at radius 1 is 1.10 bits per heavy atom. The van der Waals surface area contributed by atoms with E-state index in [9.17, 15) is 8.42 Å². The van der Waals surface area contributed by atoms with E-state index in [1.54, 1.807) is 0 Å². The van der Waals surface area contributed by atoms with Gasteiger partial charge in [0.2, 0.25) is 10.0 Å². The lowest BCUT2D eigenvalue weighted by Gasteiger charge is -2.13. The molecule has 8 heteroatoms. The fraction of sp³-hybridized carbons (Fsp3) is 0.538. The Bertz CT molecular complexity index is 564. The summed E-state index contributed by atoms with van der Waals surface area (Å²) in [5, 5.41) is 3.19. The molecular formula is C13H21ClN2O4S. The van der Waals surface area contributed by atoms with Gasteiger partial charge < -0.3 is 14.8 Å². The third-order valence-corrected chi connectivity index (χ3v) is 4.67. The Labute approximate surface area is 130 Å². The fourth-order valence-corrected chi connectivity index (χ4v) is 3.26. The Morgan fingerprint density at radius 3 is 2.29 bits per heavy atom. The molecule has 1 rings (SSSR count). The molecule has 0 aliphatic heterocycles. The highest BCUT2D eigenvalue weighted by atomic mass is 35.5. The average molecular weight is 337 g/mol. The van der Waals surface area contributed by atoms with Crippen molar-refractivity contribution in [2.45, 2.75) is 18.2 Å². The highest BCUT2D eigenvalue weighted by molar-refractivity contribution is 7.89. The third kappa shape index (κ3) is 5.03. The highest BCUT2D eigenvalue weighted by Crippen LogP contribution is 2.35. The molecule has 1 aromatic rings. The number of sulfonamides is 1. The Morgan fingerprint density at radius 2 is 1.71 bits per heavy atom. The van der Waals surface area contributed by atoms with Gasteiger partial charge in [-0.3, -0.25) is 0 Å². The van der Waals surface area contributed by atoms with Gasteiger partial charge >= 0.3 is 0 Å². The molecule has 21 heavy (non-hydrogen) atoms. The molecule has 0 aliphatic carbocycles. The van der Waals surface area contributed by atoms with Gasteiger partial charge in [-0.15, -0.1) is 0 Å². The first-order valence-corrected chi connectivity index (χ1v) is 8.44. The van der Waals surface area contributed by atoms with Crippen molar-refractivity contribution in [2.24, 2.45) is 0 Å². The van der Waals surface area contributed by atoms with Gasteiger partial charge in [-0.25, -0.2) is 13.1 Å². The van der Waals surface area contributed by atoms with Crippen LogP contribution in [0, 0.1) is 0 Å². The standard InChI is InChI=1S/C13H21ClN2O4S/c1-4-5-15-6-7-16-21(17,18)13-9-12(20-3)11(19-2)8-10(13)14/h8-9,15-16H,4-7H2,1-3H3. The lowest BCUT2D eigenvalue weighted by Crippen LogP contribution is -2.32. The smallest absolute Gasteiger partial charge is 0.242 e. The van der Waals surface area contributed by atoms with Crippen LogP contribution in [-0.2, 0) is 10.0 Å². The summed E-state index contributed by atoms with van der Waals surface area (Å²) in [6, 6.07) is 2.77. The number of hydrogen-bond acceptors (Lipinski definition) is 5. The number of ether oxygens (including phenoxy) is 2. The van der Waals surface area contributed by atoms with Crippen LogP contribution >= 0.6 is 11.6 Å². The SMILES string of the molecule is CCCNCCNS(=O)(=O)c1cc(OC)c(OC)cc1Cl. The van der Waals surface area contributed by atoms with Gasteiger partial charge in [0.1, 0.15) is 4.90 Å². The molecule has 0 aliphatic rings. The van der Waals surface area contributed by atoms with Gasteiger partial charge in [0.25, 0.3) is 0 Å². The molecule has 0 heterocycles. The minimum Gasteiger partial charge on any atom is -0.493 e. The molecule has 0 amide bonds.